The van der Waals surface area contributed by atoms with Crippen LogP contribution < -0.4 is 9.47 Å². The van der Waals surface area contributed by atoms with E-state index in [9.17, 15) is 14.7 Å². The maximum absolute atomic E-state index is 13.1. The Morgan fingerprint density at radius 3 is 2.27 bits per heavy atom. The highest BCUT2D eigenvalue weighted by atomic mass is 16.5. The molecule has 0 aromatic heterocycles. The molecule has 1 amide bonds. The van der Waals surface area contributed by atoms with Gasteiger partial charge in [-0.3, -0.25) is 9.59 Å². The Kier molecular flexibility index (Phi) is 7.86. The summed E-state index contributed by atoms with van der Waals surface area (Å²) in [6, 6.07) is 21.8. The number of aliphatic carboxylic acids is 1. The highest BCUT2D eigenvalue weighted by Gasteiger charge is 2.35. The Hall–Kier alpha value is -3.80. The van der Waals surface area contributed by atoms with Gasteiger partial charge in [0.25, 0.3) is 0 Å². The van der Waals surface area contributed by atoms with Crippen molar-refractivity contribution in [3.05, 3.63) is 94.5 Å². The zero-order valence-electron chi connectivity index (χ0n) is 22.0. The van der Waals surface area contributed by atoms with Gasteiger partial charge in [0.05, 0.1) is 13.5 Å². The Morgan fingerprint density at radius 2 is 1.65 bits per heavy atom. The molecule has 3 aromatic carbocycles. The lowest BCUT2D eigenvalue weighted by Crippen LogP contribution is -2.36. The van der Waals surface area contributed by atoms with Crippen molar-refractivity contribution in [3.8, 4) is 11.5 Å². The lowest BCUT2D eigenvalue weighted by molar-refractivity contribution is -0.144. The monoisotopic (exact) mass is 501 g/mol. The average molecular weight is 502 g/mol. The van der Waals surface area contributed by atoms with Crippen molar-refractivity contribution < 1.29 is 24.2 Å². The smallest absolute Gasteiger partial charge is 0.323 e. The number of benzene rings is 3. The third-order valence-corrected chi connectivity index (χ3v) is 6.84. The van der Waals surface area contributed by atoms with Gasteiger partial charge < -0.3 is 19.5 Å². The van der Waals surface area contributed by atoms with Crippen LogP contribution >= 0.6 is 0 Å². The molecule has 0 unspecified atom stereocenters. The Balaban J connectivity index is 1.42. The molecule has 1 heterocycles. The third kappa shape index (κ3) is 6.70. The van der Waals surface area contributed by atoms with Gasteiger partial charge in [-0.2, -0.15) is 0 Å². The normalized spacial score (nSPS) is 16.2. The van der Waals surface area contributed by atoms with Gasteiger partial charge in [0.2, 0.25) is 5.91 Å². The van der Waals surface area contributed by atoms with E-state index < -0.39 is 5.97 Å². The van der Waals surface area contributed by atoms with E-state index in [2.05, 4.69) is 45.0 Å². The van der Waals surface area contributed by atoms with Gasteiger partial charge in [-0.05, 0) is 58.9 Å². The quantitative estimate of drug-likeness (QED) is 0.402. The van der Waals surface area contributed by atoms with Crippen molar-refractivity contribution in [2.75, 3.05) is 13.7 Å². The van der Waals surface area contributed by atoms with Crippen molar-refractivity contribution in [3.63, 3.8) is 0 Å². The van der Waals surface area contributed by atoms with E-state index in [1.807, 2.05) is 30.3 Å². The molecular formula is C31H35NO5. The maximum Gasteiger partial charge on any atom is 0.323 e. The molecule has 1 aliphatic rings. The van der Waals surface area contributed by atoms with Gasteiger partial charge >= 0.3 is 5.97 Å². The molecule has 0 spiro atoms. The van der Waals surface area contributed by atoms with Gasteiger partial charge in [0.1, 0.15) is 23.6 Å². The highest BCUT2D eigenvalue weighted by Crippen LogP contribution is 2.37. The number of rotatable bonds is 10. The zero-order chi connectivity index (χ0) is 26.6. The van der Waals surface area contributed by atoms with Crippen molar-refractivity contribution in [2.45, 2.75) is 58.1 Å². The van der Waals surface area contributed by atoms with Crippen LogP contribution in [-0.4, -0.2) is 41.1 Å². The molecule has 0 aliphatic carbocycles. The molecule has 3 aromatic rings. The van der Waals surface area contributed by atoms with Crippen LogP contribution in [0.5, 0.6) is 11.5 Å². The summed E-state index contributed by atoms with van der Waals surface area (Å²) in [5.41, 5.74) is 4.97. The van der Waals surface area contributed by atoms with Crippen LogP contribution in [0.2, 0.25) is 0 Å². The second-order valence-corrected chi connectivity index (χ2v) is 10.4. The molecule has 4 rings (SSSR count). The largest absolute Gasteiger partial charge is 0.497 e. The minimum atomic E-state index is -1.04. The van der Waals surface area contributed by atoms with Crippen molar-refractivity contribution in [2.24, 2.45) is 0 Å². The number of carboxylic acids is 1. The number of amides is 1. The summed E-state index contributed by atoms with van der Waals surface area (Å²) in [5.74, 6) is 0.782. The van der Waals surface area contributed by atoms with Crippen molar-refractivity contribution >= 4 is 11.9 Å². The first-order valence-electron chi connectivity index (χ1n) is 12.7. The molecule has 0 fully saturated rings. The maximum atomic E-state index is 13.1. The number of fused-ring (bicyclic) bond motifs is 1. The van der Waals surface area contributed by atoms with Gasteiger partial charge in [0, 0.05) is 19.4 Å². The van der Waals surface area contributed by atoms with Crippen LogP contribution in [0.25, 0.3) is 0 Å². The summed E-state index contributed by atoms with van der Waals surface area (Å²) in [6.45, 7) is 6.37. The summed E-state index contributed by atoms with van der Waals surface area (Å²) in [4.78, 5) is 26.0. The Morgan fingerprint density at radius 1 is 1.00 bits per heavy atom. The predicted octanol–water partition coefficient (Wildman–Crippen LogP) is 5.41. The van der Waals surface area contributed by atoms with Crippen molar-refractivity contribution in [1.29, 1.82) is 0 Å². The van der Waals surface area contributed by atoms with Crippen LogP contribution in [-0.2, 0) is 35.4 Å². The number of hydrogen-bond donors (Lipinski definition) is 1. The van der Waals surface area contributed by atoms with Gasteiger partial charge in [-0.1, -0.05) is 62.4 Å². The summed E-state index contributed by atoms with van der Waals surface area (Å²) in [7, 11) is 1.59. The molecule has 37 heavy (non-hydrogen) atoms. The van der Waals surface area contributed by atoms with Crippen LogP contribution in [0.15, 0.2) is 66.7 Å². The summed E-state index contributed by atoms with van der Waals surface area (Å²) in [6.07, 6.45) is 1.67. The van der Waals surface area contributed by atoms with Gasteiger partial charge in [-0.25, -0.2) is 0 Å². The summed E-state index contributed by atoms with van der Waals surface area (Å²) < 4.78 is 11.5. The molecular weight excluding hydrogens is 466 g/mol. The van der Waals surface area contributed by atoms with E-state index in [1.165, 1.54) is 16.0 Å². The fraction of sp³-hybridized carbons (Fsp3) is 0.355. The van der Waals surface area contributed by atoms with Crippen LogP contribution in [0.3, 0.4) is 0 Å². The number of hydrogen-bond acceptors (Lipinski definition) is 4. The Labute approximate surface area is 218 Å². The predicted molar refractivity (Wildman–Crippen MR) is 143 cm³/mol. The van der Waals surface area contributed by atoms with E-state index in [0.29, 0.717) is 11.7 Å². The van der Waals surface area contributed by atoms with Crippen LogP contribution in [0, 0.1) is 0 Å². The Bertz CT molecular complexity index is 1250. The van der Waals surface area contributed by atoms with Crippen LogP contribution in [0.4, 0.5) is 0 Å². The molecule has 0 saturated heterocycles. The highest BCUT2D eigenvalue weighted by molar-refractivity contribution is 5.83. The molecule has 1 aliphatic heterocycles. The summed E-state index contributed by atoms with van der Waals surface area (Å²) >= 11 is 0. The lowest BCUT2D eigenvalue weighted by Gasteiger charge is -2.24. The minimum Gasteiger partial charge on any atom is -0.497 e. The van der Waals surface area contributed by atoms with E-state index in [-0.39, 0.29) is 31.0 Å². The first kappa shape index (κ1) is 26.3. The van der Waals surface area contributed by atoms with Crippen molar-refractivity contribution in [1.82, 2.24) is 4.90 Å². The topological polar surface area (TPSA) is 76.1 Å². The lowest BCUT2D eigenvalue weighted by atomic mass is 9.90. The number of nitrogens with zero attached hydrogens (tertiary/aromatic N) is 1. The number of carboxylic acid groups (broad SMARTS) is 1. The molecule has 0 saturated carbocycles. The summed E-state index contributed by atoms with van der Waals surface area (Å²) in [5, 5.41) is 9.38. The second kappa shape index (κ2) is 11.1. The molecule has 1 atom stereocenters. The van der Waals surface area contributed by atoms with Crippen LogP contribution in [0.1, 0.15) is 54.5 Å². The molecule has 1 N–H and O–H groups in total. The fourth-order valence-corrected chi connectivity index (χ4v) is 4.87. The minimum absolute atomic E-state index is 0.129. The molecule has 6 heteroatoms. The number of carbonyl (C=O) groups excluding carboxylic acids is 1. The van der Waals surface area contributed by atoms with E-state index in [1.54, 1.807) is 19.2 Å². The average Bonchev–Trinajstić information content (AvgIpc) is 3.19. The van der Waals surface area contributed by atoms with E-state index >= 15 is 0 Å². The number of methoxy groups -OCH3 is 1. The molecule has 0 bridgehead atoms. The molecule has 194 valence electrons. The number of ether oxygens (including phenoxy) is 2. The fourth-order valence-electron chi connectivity index (χ4n) is 4.87. The molecule has 0 radical (unpaired) electrons. The number of carbonyl (C=O) groups is 2. The SMILES string of the molecule is COc1ccc(CN(CC(=O)O)C(=O)Cc2ccc3c(c2)C[C@@](C)(Cc2ccc(C(C)C)cc2)O3)cc1. The van der Waals surface area contributed by atoms with E-state index in [4.69, 9.17) is 9.47 Å². The molecule has 6 nitrogen and oxygen atoms in total. The third-order valence-electron chi connectivity index (χ3n) is 6.84. The first-order chi connectivity index (χ1) is 17.6. The van der Waals surface area contributed by atoms with Gasteiger partial charge in [-0.15, -0.1) is 0 Å². The van der Waals surface area contributed by atoms with Gasteiger partial charge in [0.15, 0.2) is 0 Å². The van der Waals surface area contributed by atoms with E-state index in [0.717, 1.165) is 35.3 Å². The zero-order valence-corrected chi connectivity index (χ0v) is 22.0. The standard InChI is InChI=1S/C31H35NO5/c1-21(2)25-10-5-22(6-11-25)17-31(3)18-26-15-24(9-14-28(26)37-31)16-29(33)32(20-30(34)35)19-23-7-12-27(36-4)13-8-23/h5-15,21H,16-20H2,1-4H3,(H,34,35)/t31-/m1/s1. The second-order valence-electron chi connectivity index (χ2n) is 10.4. The first-order valence-corrected chi connectivity index (χ1v) is 12.7.